The molecule has 1 aromatic heterocycles. The molecule has 2 atom stereocenters. The molecule has 1 saturated heterocycles. The molecule has 0 amide bonds. The fourth-order valence-electron chi connectivity index (χ4n) is 4.17. The number of aromatic nitrogens is 2. The molecule has 1 fully saturated rings. The largest absolute Gasteiger partial charge is 0.507 e. The minimum absolute atomic E-state index is 0.156. The van der Waals surface area contributed by atoms with Gasteiger partial charge in [-0.05, 0) is 48.2 Å². The van der Waals surface area contributed by atoms with Crippen molar-refractivity contribution < 1.29 is 14.6 Å². The van der Waals surface area contributed by atoms with Gasteiger partial charge in [-0.25, -0.2) is 4.79 Å². The van der Waals surface area contributed by atoms with Crippen LogP contribution in [0.25, 0.3) is 11.3 Å². The predicted molar refractivity (Wildman–Crippen MR) is 120 cm³/mol. The average molecular weight is 418 g/mol. The van der Waals surface area contributed by atoms with Crippen LogP contribution in [0.5, 0.6) is 5.75 Å². The number of aromatic hydroxyl groups is 1. The van der Waals surface area contributed by atoms with Crippen molar-refractivity contribution in [1.82, 2.24) is 10.2 Å². The van der Waals surface area contributed by atoms with Gasteiger partial charge in [0.05, 0.1) is 24.1 Å². The van der Waals surface area contributed by atoms with E-state index in [0.29, 0.717) is 28.6 Å². The van der Waals surface area contributed by atoms with E-state index in [1.54, 1.807) is 12.1 Å². The number of carbonyl (C=O) groups is 1. The Balaban J connectivity index is 1.61. The first-order valence-corrected chi connectivity index (χ1v) is 10.3. The SMILES string of the molecule is COC(=O)c1ccc([C@@H]2CN(c3cc(-c4ccccc4O)nnc3N)CC[C@H]2C)cc1. The number of nitrogens with zero attached hydrogens (tertiary/aromatic N) is 3. The number of nitrogen functional groups attached to an aromatic ring is 1. The Labute approximate surface area is 181 Å². The van der Waals surface area contributed by atoms with Crippen molar-refractivity contribution in [3.8, 4) is 17.0 Å². The number of hydrogen-bond donors (Lipinski definition) is 2. The van der Waals surface area contributed by atoms with E-state index in [4.69, 9.17) is 10.5 Å². The molecular weight excluding hydrogens is 392 g/mol. The van der Waals surface area contributed by atoms with E-state index in [2.05, 4.69) is 22.0 Å². The lowest BCUT2D eigenvalue weighted by atomic mass is 9.81. The van der Waals surface area contributed by atoms with Gasteiger partial charge in [0.25, 0.3) is 0 Å². The van der Waals surface area contributed by atoms with E-state index in [1.807, 2.05) is 42.5 Å². The summed E-state index contributed by atoms with van der Waals surface area (Å²) in [6.45, 7) is 3.88. The van der Waals surface area contributed by atoms with Gasteiger partial charge in [0.2, 0.25) is 0 Å². The normalized spacial score (nSPS) is 18.6. The van der Waals surface area contributed by atoms with Crippen molar-refractivity contribution in [2.75, 3.05) is 30.8 Å². The molecule has 7 nitrogen and oxygen atoms in total. The van der Waals surface area contributed by atoms with Crippen LogP contribution in [-0.4, -0.2) is 41.5 Å². The Hall–Kier alpha value is -3.61. The number of rotatable bonds is 4. The molecule has 0 spiro atoms. The van der Waals surface area contributed by atoms with Crippen molar-refractivity contribution in [2.45, 2.75) is 19.3 Å². The summed E-state index contributed by atoms with van der Waals surface area (Å²) >= 11 is 0. The second kappa shape index (κ2) is 8.63. The maximum atomic E-state index is 11.7. The first-order valence-electron chi connectivity index (χ1n) is 10.3. The quantitative estimate of drug-likeness (QED) is 0.621. The van der Waals surface area contributed by atoms with Crippen molar-refractivity contribution in [1.29, 1.82) is 0 Å². The zero-order valence-electron chi connectivity index (χ0n) is 17.7. The minimum Gasteiger partial charge on any atom is -0.507 e. The van der Waals surface area contributed by atoms with Crippen LogP contribution in [0.2, 0.25) is 0 Å². The number of carbonyl (C=O) groups excluding carboxylic acids is 1. The summed E-state index contributed by atoms with van der Waals surface area (Å²) in [5.41, 5.74) is 9.93. The van der Waals surface area contributed by atoms with Crippen LogP contribution < -0.4 is 10.6 Å². The van der Waals surface area contributed by atoms with Crippen LogP contribution in [0.4, 0.5) is 11.5 Å². The molecule has 0 unspecified atom stereocenters. The van der Waals surface area contributed by atoms with Crippen LogP contribution in [0.15, 0.2) is 54.6 Å². The lowest BCUT2D eigenvalue weighted by molar-refractivity contribution is 0.0600. The van der Waals surface area contributed by atoms with Gasteiger partial charge in [-0.15, -0.1) is 10.2 Å². The molecule has 2 aromatic carbocycles. The van der Waals surface area contributed by atoms with Crippen LogP contribution in [0, 0.1) is 5.92 Å². The van der Waals surface area contributed by atoms with E-state index in [0.717, 1.165) is 25.2 Å². The highest BCUT2D eigenvalue weighted by atomic mass is 16.5. The summed E-state index contributed by atoms with van der Waals surface area (Å²) in [6, 6.07) is 16.6. The molecule has 3 aromatic rings. The number of methoxy groups -OCH3 is 1. The van der Waals surface area contributed by atoms with Crippen LogP contribution in [0.1, 0.15) is 35.2 Å². The molecule has 1 aliphatic heterocycles. The van der Waals surface area contributed by atoms with Gasteiger partial charge in [0.1, 0.15) is 5.75 Å². The summed E-state index contributed by atoms with van der Waals surface area (Å²) in [5.74, 6) is 0.949. The monoisotopic (exact) mass is 418 g/mol. The summed E-state index contributed by atoms with van der Waals surface area (Å²) < 4.78 is 4.80. The third kappa shape index (κ3) is 4.17. The molecule has 4 rings (SSSR count). The standard InChI is InChI=1S/C24H26N4O3/c1-15-11-12-28(14-19(15)16-7-9-17(10-8-16)24(30)31-2)21-13-20(26-27-23(21)25)18-5-3-4-6-22(18)29/h3-10,13,15,19,29H,11-12,14H2,1-2H3,(H2,25,27)/t15-,19-/m1/s1. The number of para-hydroxylation sites is 1. The molecule has 1 aliphatic rings. The molecule has 31 heavy (non-hydrogen) atoms. The maximum Gasteiger partial charge on any atom is 0.337 e. The van der Waals surface area contributed by atoms with E-state index in [1.165, 1.54) is 12.7 Å². The Morgan fingerprint density at radius 3 is 2.61 bits per heavy atom. The Morgan fingerprint density at radius 1 is 1.16 bits per heavy atom. The first kappa shape index (κ1) is 20.7. The molecule has 0 radical (unpaired) electrons. The molecule has 7 heteroatoms. The topological polar surface area (TPSA) is 102 Å². The van der Waals surface area contributed by atoms with E-state index in [-0.39, 0.29) is 17.6 Å². The Kier molecular flexibility index (Phi) is 5.75. The van der Waals surface area contributed by atoms with Crippen molar-refractivity contribution in [2.24, 2.45) is 5.92 Å². The number of phenols is 1. The first-order chi connectivity index (χ1) is 15.0. The van der Waals surface area contributed by atoms with Gasteiger partial charge in [0.15, 0.2) is 5.82 Å². The summed E-state index contributed by atoms with van der Waals surface area (Å²) in [7, 11) is 1.38. The molecular formula is C24H26N4O3. The van der Waals surface area contributed by atoms with Gasteiger partial charge in [-0.3, -0.25) is 0 Å². The molecule has 160 valence electrons. The van der Waals surface area contributed by atoms with Gasteiger partial charge >= 0.3 is 5.97 Å². The molecule has 3 N–H and O–H groups in total. The van der Waals surface area contributed by atoms with Gasteiger partial charge < -0.3 is 20.5 Å². The number of hydrogen-bond acceptors (Lipinski definition) is 7. The van der Waals surface area contributed by atoms with Crippen LogP contribution in [-0.2, 0) is 4.74 Å². The van der Waals surface area contributed by atoms with Crippen molar-refractivity contribution in [3.05, 3.63) is 65.7 Å². The minimum atomic E-state index is -0.336. The van der Waals surface area contributed by atoms with Gasteiger partial charge in [-0.1, -0.05) is 31.2 Å². The molecule has 0 bridgehead atoms. The Bertz CT molecular complexity index is 1080. The van der Waals surface area contributed by atoms with E-state index < -0.39 is 0 Å². The van der Waals surface area contributed by atoms with Crippen molar-refractivity contribution in [3.63, 3.8) is 0 Å². The van der Waals surface area contributed by atoms with Crippen LogP contribution in [0.3, 0.4) is 0 Å². The molecule has 0 aliphatic carbocycles. The van der Waals surface area contributed by atoms with E-state index >= 15 is 0 Å². The third-order valence-corrected chi connectivity index (χ3v) is 6.04. The number of benzene rings is 2. The average Bonchev–Trinajstić information content (AvgIpc) is 2.80. The van der Waals surface area contributed by atoms with Gasteiger partial charge in [-0.2, -0.15) is 0 Å². The van der Waals surface area contributed by atoms with Crippen LogP contribution >= 0.6 is 0 Å². The highest BCUT2D eigenvalue weighted by molar-refractivity contribution is 5.89. The molecule has 0 saturated carbocycles. The second-order valence-corrected chi connectivity index (χ2v) is 7.95. The number of nitrogens with two attached hydrogens (primary N) is 1. The lowest BCUT2D eigenvalue weighted by Crippen LogP contribution is -2.39. The zero-order valence-corrected chi connectivity index (χ0v) is 17.7. The fraction of sp³-hybridized carbons (Fsp3) is 0.292. The smallest absolute Gasteiger partial charge is 0.337 e. The summed E-state index contributed by atoms with van der Waals surface area (Å²) in [5, 5.41) is 18.5. The fourth-order valence-corrected chi connectivity index (χ4v) is 4.17. The predicted octanol–water partition coefficient (Wildman–Crippen LogP) is 3.85. The number of ether oxygens (including phenoxy) is 1. The third-order valence-electron chi connectivity index (χ3n) is 6.04. The highest BCUT2D eigenvalue weighted by Crippen LogP contribution is 2.37. The lowest BCUT2D eigenvalue weighted by Gasteiger charge is -2.39. The number of esters is 1. The highest BCUT2D eigenvalue weighted by Gasteiger charge is 2.29. The number of anilines is 2. The second-order valence-electron chi connectivity index (χ2n) is 7.95. The van der Waals surface area contributed by atoms with Crippen molar-refractivity contribution >= 4 is 17.5 Å². The van der Waals surface area contributed by atoms with Gasteiger partial charge in [0, 0.05) is 24.6 Å². The molecule has 2 heterocycles. The number of phenolic OH excluding ortho intramolecular Hbond substituents is 1. The number of piperidine rings is 1. The summed E-state index contributed by atoms with van der Waals surface area (Å²) in [6.07, 6.45) is 0.997. The Morgan fingerprint density at radius 2 is 1.90 bits per heavy atom. The maximum absolute atomic E-state index is 11.7. The summed E-state index contributed by atoms with van der Waals surface area (Å²) in [4.78, 5) is 14.0. The van der Waals surface area contributed by atoms with E-state index in [9.17, 15) is 9.90 Å². The zero-order chi connectivity index (χ0) is 22.0.